The van der Waals surface area contributed by atoms with Gasteiger partial charge >= 0.3 is 6.03 Å². The molecule has 21 heavy (non-hydrogen) atoms. The minimum absolute atomic E-state index is 0.0154. The monoisotopic (exact) mass is 311 g/mol. The number of carbonyl (C=O) groups is 1. The summed E-state index contributed by atoms with van der Waals surface area (Å²) in [4.78, 5) is 13.7. The summed E-state index contributed by atoms with van der Waals surface area (Å²) >= 11 is 0. The Kier molecular flexibility index (Phi) is 4.84. The van der Waals surface area contributed by atoms with Gasteiger partial charge in [0.05, 0.1) is 6.26 Å². The van der Waals surface area contributed by atoms with E-state index in [1.807, 2.05) is 30.3 Å². The highest BCUT2D eigenvalue weighted by molar-refractivity contribution is 7.88. The molecule has 0 saturated carbocycles. The molecule has 0 unspecified atom stereocenters. The van der Waals surface area contributed by atoms with Gasteiger partial charge in [0.25, 0.3) is 0 Å². The summed E-state index contributed by atoms with van der Waals surface area (Å²) in [7, 11) is -1.41. The molecule has 0 spiro atoms. The van der Waals surface area contributed by atoms with Crippen molar-refractivity contribution in [1.29, 1.82) is 0 Å². The van der Waals surface area contributed by atoms with Crippen LogP contribution >= 0.6 is 0 Å². The van der Waals surface area contributed by atoms with Crippen molar-refractivity contribution in [3.63, 3.8) is 0 Å². The number of piperidine rings is 1. The molecule has 1 fully saturated rings. The minimum atomic E-state index is -3.13. The first-order valence-electron chi connectivity index (χ1n) is 6.92. The van der Waals surface area contributed by atoms with Crippen LogP contribution in [0.15, 0.2) is 30.3 Å². The molecule has 7 heteroatoms. The van der Waals surface area contributed by atoms with Gasteiger partial charge < -0.3 is 5.32 Å². The lowest BCUT2D eigenvalue weighted by molar-refractivity contribution is 0.234. The van der Waals surface area contributed by atoms with Crippen LogP contribution in [0, 0.1) is 0 Å². The Morgan fingerprint density at radius 2 is 1.81 bits per heavy atom. The highest BCUT2D eigenvalue weighted by Crippen LogP contribution is 2.15. The van der Waals surface area contributed by atoms with Crippen molar-refractivity contribution >= 4 is 21.7 Å². The second kappa shape index (κ2) is 6.44. The number of para-hydroxylation sites is 1. The molecule has 0 atom stereocenters. The zero-order valence-corrected chi connectivity index (χ0v) is 13.1. The van der Waals surface area contributed by atoms with Gasteiger partial charge in [0.1, 0.15) is 0 Å². The van der Waals surface area contributed by atoms with E-state index in [0.717, 1.165) is 5.69 Å². The highest BCUT2D eigenvalue weighted by atomic mass is 32.2. The summed E-state index contributed by atoms with van der Waals surface area (Å²) in [6.07, 6.45) is 2.50. The number of urea groups is 1. The largest absolute Gasteiger partial charge is 0.335 e. The van der Waals surface area contributed by atoms with E-state index in [1.165, 1.54) is 10.6 Å². The van der Waals surface area contributed by atoms with Crippen molar-refractivity contribution in [3.05, 3.63) is 30.3 Å². The summed E-state index contributed by atoms with van der Waals surface area (Å²) in [5.41, 5.74) is 0.823. The summed E-state index contributed by atoms with van der Waals surface area (Å²) in [6, 6.07) is 9.24. The average Bonchev–Trinajstić information content (AvgIpc) is 2.47. The van der Waals surface area contributed by atoms with Crippen LogP contribution in [0.2, 0.25) is 0 Å². The van der Waals surface area contributed by atoms with E-state index in [1.54, 1.807) is 11.9 Å². The van der Waals surface area contributed by atoms with Gasteiger partial charge in [0, 0.05) is 31.9 Å². The molecule has 1 heterocycles. The van der Waals surface area contributed by atoms with Crippen molar-refractivity contribution in [2.45, 2.75) is 18.9 Å². The Morgan fingerprint density at radius 1 is 1.24 bits per heavy atom. The minimum Gasteiger partial charge on any atom is -0.335 e. The van der Waals surface area contributed by atoms with Crippen molar-refractivity contribution in [1.82, 2.24) is 9.62 Å². The maximum absolute atomic E-state index is 12.2. The van der Waals surface area contributed by atoms with Crippen molar-refractivity contribution in [2.75, 3.05) is 31.3 Å². The number of benzene rings is 1. The fraction of sp³-hybridized carbons (Fsp3) is 0.500. The maximum atomic E-state index is 12.2. The van der Waals surface area contributed by atoms with Crippen LogP contribution in [0.3, 0.4) is 0 Å². The van der Waals surface area contributed by atoms with Gasteiger partial charge in [-0.15, -0.1) is 0 Å². The first kappa shape index (κ1) is 15.8. The van der Waals surface area contributed by atoms with Gasteiger partial charge in [0.15, 0.2) is 0 Å². The molecule has 0 aliphatic carbocycles. The quantitative estimate of drug-likeness (QED) is 0.913. The molecule has 2 amide bonds. The third-order valence-corrected chi connectivity index (χ3v) is 5.00. The van der Waals surface area contributed by atoms with Crippen molar-refractivity contribution < 1.29 is 13.2 Å². The van der Waals surface area contributed by atoms with E-state index in [2.05, 4.69) is 5.32 Å². The average molecular weight is 311 g/mol. The lowest BCUT2D eigenvalue weighted by atomic mass is 10.1. The van der Waals surface area contributed by atoms with Gasteiger partial charge in [-0.2, -0.15) is 0 Å². The lowest BCUT2D eigenvalue weighted by Gasteiger charge is -2.31. The van der Waals surface area contributed by atoms with Crippen LogP contribution in [0.4, 0.5) is 10.5 Å². The molecule has 1 aromatic rings. The molecule has 1 aliphatic heterocycles. The molecule has 116 valence electrons. The molecule has 0 radical (unpaired) electrons. The predicted molar refractivity (Wildman–Crippen MR) is 82.8 cm³/mol. The first-order chi connectivity index (χ1) is 9.88. The zero-order chi connectivity index (χ0) is 15.5. The number of nitrogens with one attached hydrogen (secondary N) is 1. The lowest BCUT2D eigenvalue weighted by Crippen LogP contribution is -2.49. The van der Waals surface area contributed by atoms with Crippen LogP contribution < -0.4 is 10.2 Å². The molecule has 0 bridgehead atoms. The second-order valence-corrected chi connectivity index (χ2v) is 7.26. The number of sulfonamides is 1. The standard InChI is InChI=1S/C14H21N3O3S/c1-16(13-6-4-3-5-7-13)14(18)15-12-8-10-17(11-9-12)21(2,19)20/h3-7,12H,8-11H2,1-2H3,(H,15,18). The second-order valence-electron chi connectivity index (χ2n) is 5.28. The topological polar surface area (TPSA) is 69.7 Å². The van der Waals surface area contributed by atoms with E-state index in [0.29, 0.717) is 25.9 Å². The van der Waals surface area contributed by atoms with E-state index < -0.39 is 10.0 Å². The van der Waals surface area contributed by atoms with Gasteiger partial charge in [-0.3, -0.25) is 4.90 Å². The maximum Gasteiger partial charge on any atom is 0.321 e. The Labute approximate surface area is 125 Å². The summed E-state index contributed by atoms with van der Waals surface area (Å²) < 4.78 is 24.3. The highest BCUT2D eigenvalue weighted by Gasteiger charge is 2.26. The molecule has 1 aromatic carbocycles. The van der Waals surface area contributed by atoms with Gasteiger partial charge in [-0.05, 0) is 25.0 Å². The molecule has 2 rings (SSSR count). The van der Waals surface area contributed by atoms with Crippen LogP contribution in [0.1, 0.15) is 12.8 Å². The molecule has 0 aromatic heterocycles. The predicted octanol–water partition coefficient (Wildman–Crippen LogP) is 1.26. The van der Waals surface area contributed by atoms with E-state index in [4.69, 9.17) is 0 Å². The number of anilines is 1. The fourth-order valence-corrected chi connectivity index (χ4v) is 3.25. The molecule has 6 nitrogen and oxygen atoms in total. The first-order valence-corrected chi connectivity index (χ1v) is 8.77. The normalized spacial score (nSPS) is 17.4. The number of carbonyl (C=O) groups excluding carboxylic acids is 1. The third kappa shape index (κ3) is 4.18. The van der Waals surface area contributed by atoms with Crippen LogP contribution in [-0.2, 0) is 10.0 Å². The van der Waals surface area contributed by atoms with Crippen molar-refractivity contribution in [3.8, 4) is 0 Å². The van der Waals surface area contributed by atoms with Crippen LogP contribution in [0.25, 0.3) is 0 Å². The fourth-order valence-electron chi connectivity index (χ4n) is 2.37. The summed E-state index contributed by atoms with van der Waals surface area (Å²) in [5, 5.41) is 2.95. The third-order valence-electron chi connectivity index (χ3n) is 3.70. The number of rotatable bonds is 3. The molecule has 1 saturated heterocycles. The Hall–Kier alpha value is -1.60. The number of hydrogen-bond acceptors (Lipinski definition) is 3. The zero-order valence-electron chi connectivity index (χ0n) is 12.3. The summed E-state index contributed by atoms with van der Waals surface area (Å²) in [6.45, 7) is 0.914. The molecular formula is C14H21N3O3S. The van der Waals surface area contributed by atoms with E-state index in [-0.39, 0.29) is 12.1 Å². The molecule has 1 N–H and O–H groups in total. The van der Waals surface area contributed by atoms with Crippen molar-refractivity contribution in [2.24, 2.45) is 0 Å². The van der Waals surface area contributed by atoms with E-state index in [9.17, 15) is 13.2 Å². The van der Waals surface area contributed by atoms with E-state index >= 15 is 0 Å². The number of nitrogens with zero attached hydrogens (tertiary/aromatic N) is 2. The van der Waals surface area contributed by atoms with Gasteiger partial charge in [0.2, 0.25) is 10.0 Å². The SMILES string of the molecule is CN(C(=O)NC1CCN(S(C)(=O)=O)CC1)c1ccccc1. The number of hydrogen-bond donors (Lipinski definition) is 1. The van der Waals surface area contributed by atoms with Crippen LogP contribution in [-0.4, -0.2) is 51.2 Å². The Balaban J connectivity index is 1.87. The van der Waals surface area contributed by atoms with Crippen LogP contribution in [0.5, 0.6) is 0 Å². The van der Waals surface area contributed by atoms with Gasteiger partial charge in [-0.25, -0.2) is 17.5 Å². The molecular weight excluding hydrogens is 290 g/mol. The smallest absolute Gasteiger partial charge is 0.321 e. The van der Waals surface area contributed by atoms with Gasteiger partial charge in [-0.1, -0.05) is 18.2 Å². The Bertz CT molecular complexity index is 581. The number of amides is 2. The Morgan fingerprint density at radius 3 is 2.33 bits per heavy atom. The summed E-state index contributed by atoms with van der Waals surface area (Å²) in [5.74, 6) is 0. The molecule has 1 aliphatic rings.